The van der Waals surface area contributed by atoms with Crippen LogP contribution in [0.15, 0.2) is 54.9 Å². The van der Waals surface area contributed by atoms with Gasteiger partial charge in [-0.1, -0.05) is 18.2 Å². The van der Waals surface area contributed by atoms with Gasteiger partial charge in [-0.05, 0) is 30.7 Å². The van der Waals surface area contributed by atoms with Gasteiger partial charge >= 0.3 is 0 Å². The lowest BCUT2D eigenvalue weighted by atomic mass is 10.2. The van der Waals surface area contributed by atoms with Gasteiger partial charge in [0.25, 0.3) is 0 Å². The number of nitrogens with zero attached hydrogens (tertiary/aromatic N) is 3. The molecule has 0 saturated heterocycles. The predicted octanol–water partition coefficient (Wildman–Crippen LogP) is 3.41. The highest BCUT2D eigenvalue weighted by molar-refractivity contribution is 5.44. The molecule has 2 heterocycles. The second kappa shape index (κ2) is 8.10. The Hall–Kier alpha value is -3.15. The molecule has 6 heteroatoms. The van der Waals surface area contributed by atoms with Crippen LogP contribution in [0.2, 0.25) is 0 Å². The molecular weight excluding hydrogens is 314 g/mol. The van der Waals surface area contributed by atoms with E-state index in [0.717, 1.165) is 28.4 Å². The summed E-state index contributed by atoms with van der Waals surface area (Å²) in [6, 6.07) is 13.8. The van der Waals surface area contributed by atoms with Gasteiger partial charge in [-0.25, -0.2) is 4.98 Å². The SMILES string of the molecule is COc1ccccc1CNc1cc(C)nc(NCc2ccncc2)n1. The van der Waals surface area contributed by atoms with Crippen LogP contribution in [-0.2, 0) is 13.1 Å². The van der Waals surface area contributed by atoms with Gasteiger partial charge in [-0.15, -0.1) is 0 Å². The summed E-state index contributed by atoms with van der Waals surface area (Å²) in [5.41, 5.74) is 3.10. The predicted molar refractivity (Wildman–Crippen MR) is 98.7 cm³/mol. The Morgan fingerprint density at radius 2 is 1.76 bits per heavy atom. The Kier molecular flexibility index (Phi) is 5.41. The average Bonchev–Trinajstić information content (AvgIpc) is 2.65. The molecular formula is C19H21N5O. The van der Waals surface area contributed by atoms with Gasteiger partial charge in [0.2, 0.25) is 5.95 Å². The van der Waals surface area contributed by atoms with E-state index in [9.17, 15) is 0 Å². The molecule has 3 rings (SSSR count). The molecule has 3 aromatic rings. The van der Waals surface area contributed by atoms with Gasteiger partial charge in [0.1, 0.15) is 11.6 Å². The fourth-order valence-electron chi connectivity index (χ4n) is 2.45. The van der Waals surface area contributed by atoms with Gasteiger partial charge in [0.05, 0.1) is 7.11 Å². The number of benzene rings is 1. The summed E-state index contributed by atoms with van der Waals surface area (Å²) < 4.78 is 5.38. The zero-order valence-electron chi connectivity index (χ0n) is 14.4. The Bertz CT molecular complexity index is 823. The Morgan fingerprint density at radius 1 is 0.960 bits per heavy atom. The topological polar surface area (TPSA) is 72.0 Å². The van der Waals surface area contributed by atoms with Crippen LogP contribution in [0.1, 0.15) is 16.8 Å². The van der Waals surface area contributed by atoms with Gasteiger partial charge in [0.15, 0.2) is 0 Å². The maximum atomic E-state index is 5.38. The summed E-state index contributed by atoms with van der Waals surface area (Å²) >= 11 is 0. The monoisotopic (exact) mass is 335 g/mol. The number of rotatable bonds is 7. The van der Waals surface area contributed by atoms with Crippen molar-refractivity contribution in [2.45, 2.75) is 20.0 Å². The molecule has 6 nitrogen and oxygen atoms in total. The standard InChI is InChI=1S/C19H21N5O/c1-14-11-18(21-13-16-5-3-4-6-17(16)25-2)24-19(23-14)22-12-15-7-9-20-10-8-15/h3-11H,12-13H2,1-2H3,(H2,21,22,23,24). The first kappa shape index (κ1) is 16.7. The van der Waals surface area contributed by atoms with Crippen LogP contribution < -0.4 is 15.4 Å². The lowest BCUT2D eigenvalue weighted by molar-refractivity contribution is 0.410. The summed E-state index contributed by atoms with van der Waals surface area (Å²) in [6.45, 7) is 3.23. The van der Waals surface area contributed by atoms with Crippen molar-refractivity contribution in [3.63, 3.8) is 0 Å². The van der Waals surface area contributed by atoms with E-state index in [4.69, 9.17) is 4.74 Å². The number of aryl methyl sites for hydroxylation is 1. The zero-order chi connectivity index (χ0) is 17.5. The number of aromatic nitrogens is 3. The summed E-state index contributed by atoms with van der Waals surface area (Å²) in [7, 11) is 1.68. The van der Waals surface area contributed by atoms with E-state index in [-0.39, 0.29) is 0 Å². The van der Waals surface area contributed by atoms with E-state index in [1.54, 1.807) is 19.5 Å². The van der Waals surface area contributed by atoms with Crippen molar-refractivity contribution >= 4 is 11.8 Å². The molecule has 0 fully saturated rings. The van der Waals surface area contributed by atoms with Crippen molar-refractivity contribution in [3.05, 3.63) is 71.7 Å². The Morgan fingerprint density at radius 3 is 2.56 bits per heavy atom. The number of para-hydroxylation sites is 1. The number of methoxy groups -OCH3 is 1. The van der Waals surface area contributed by atoms with Crippen LogP contribution in [0.25, 0.3) is 0 Å². The summed E-state index contributed by atoms with van der Waals surface area (Å²) in [5, 5.41) is 6.58. The first-order chi connectivity index (χ1) is 12.2. The highest BCUT2D eigenvalue weighted by atomic mass is 16.5. The molecule has 0 aliphatic carbocycles. The van der Waals surface area contributed by atoms with E-state index in [1.165, 1.54) is 0 Å². The molecule has 0 spiro atoms. The van der Waals surface area contributed by atoms with Crippen molar-refractivity contribution < 1.29 is 4.74 Å². The normalized spacial score (nSPS) is 10.3. The minimum Gasteiger partial charge on any atom is -0.496 e. The Labute approximate surface area is 147 Å². The molecule has 0 aliphatic rings. The van der Waals surface area contributed by atoms with Crippen LogP contribution in [0.4, 0.5) is 11.8 Å². The van der Waals surface area contributed by atoms with Gasteiger partial charge < -0.3 is 15.4 Å². The number of anilines is 2. The fourth-order valence-corrected chi connectivity index (χ4v) is 2.45. The molecule has 1 aromatic carbocycles. The zero-order valence-corrected chi connectivity index (χ0v) is 14.4. The van der Waals surface area contributed by atoms with Crippen LogP contribution in [0.5, 0.6) is 5.75 Å². The first-order valence-corrected chi connectivity index (χ1v) is 8.09. The molecule has 0 atom stereocenters. The molecule has 0 unspecified atom stereocenters. The van der Waals surface area contributed by atoms with Crippen molar-refractivity contribution in [3.8, 4) is 5.75 Å². The number of hydrogen-bond donors (Lipinski definition) is 2. The largest absolute Gasteiger partial charge is 0.496 e. The molecule has 2 aromatic heterocycles. The highest BCUT2D eigenvalue weighted by Gasteiger charge is 2.05. The smallest absolute Gasteiger partial charge is 0.225 e. The van der Waals surface area contributed by atoms with E-state index in [2.05, 4.69) is 25.6 Å². The van der Waals surface area contributed by atoms with Gasteiger partial charge in [-0.2, -0.15) is 4.98 Å². The molecule has 0 amide bonds. The van der Waals surface area contributed by atoms with Crippen molar-refractivity contribution in [2.75, 3.05) is 17.7 Å². The second-order valence-electron chi connectivity index (χ2n) is 5.59. The molecule has 0 saturated carbocycles. The van der Waals surface area contributed by atoms with E-state index in [0.29, 0.717) is 19.0 Å². The summed E-state index contributed by atoms with van der Waals surface area (Å²) in [5.74, 6) is 2.23. The minimum absolute atomic E-state index is 0.597. The third-order valence-corrected chi connectivity index (χ3v) is 3.71. The molecule has 25 heavy (non-hydrogen) atoms. The Balaban J connectivity index is 1.67. The van der Waals surface area contributed by atoms with Gasteiger partial charge in [0, 0.05) is 42.8 Å². The van der Waals surface area contributed by atoms with Crippen molar-refractivity contribution in [1.82, 2.24) is 15.0 Å². The van der Waals surface area contributed by atoms with Gasteiger partial charge in [-0.3, -0.25) is 4.98 Å². The number of hydrogen-bond acceptors (Lipinski definition) is 6. The molecule has 0 radical (unpaired) electrons. The lowest BCUT2D eigenvalue weighted by Crippen LogP contribution is -2.08. The summed E-state index contributed by atoms with van der Waals surface area (Å²) in [4.78, 5) is 13.0. The third kappa shape index (κ3) is 4.67. The van der Waals surface area contributed by atoms with Crippen LogP contribution >= 0.6 is 0 Å². The number of nitrogens with one attached hydrogen (secondary N) is 2. The van der Waals surface area contributed by atoms with Crippen LogP contribution in [-0.4, -0.2) is 22.1 Å². The second-order valence-corrected chi connectivity index (χ2v) is 5.59. The maximum absolute atomic E-state index is 5.38. The van der Waals surface area contributed by atoms with E-state index in [1.807, 2.05) is 49.4 Å². The van der Waals surface area contributed by atoms with Crippen molar-refractivity contribution in [2.24, 2.45) is 0 Å². The van der Waals surface area contributed by atoms with Crippen LogP contribution in [0.3, 0.4) is 0 Å². The first-order valence-electron chi connectivity index (χ1n) is 8.09. The average molecular weight is 335 g/mol. The molecule has 128 valence electrons. The molecule has 0 bridgehead atoms. The maximum Gasteiger partial charge on any atom is 0.225 e. The van der Waals surface area contributed by atoms with Crippen molar-refractivity contribution in [1.29, 1.82) is 0 Å². The third-order valence-electron chi connectivity index (χ3n) is 3.71. The molecule has 0 aliphatic heterocycles. The van der Waals surface area contributed by atoms with Crippen LogP contribution in [0, 0.1) is 6.92 Å². The quantitative estimate of drug-likeness (QED) is 0.689. The number of ether oxygens (including phenoxy) is 1. The fraction of sp³-hybridized carbons (Fsp3) is 0.211. The summed E-state index contributed by atoms with van der Waals surface area (Å²) in [6.07, 6.45) is 3.54. The molecule has 2 N–H and O–H groups in total. The minimum atomic E-state index is 0.597. The lowest BCUT2D eigenvalue weighted by Gasteiger charge is -2.12. The highest BCUT2D eigenvalue weighted by Crippen LogP contribution is 2.19. The van der Waals surface area contributed by atoms with E-state index < -0.39 is 0 Å². The van der Waals surface area contributed by atoms with E-state index >= 15 is 0 Å². The number of pyridine rings is 1.